The second-order valence-corrected chi connectivity index (χ2v) is 2.95. The maximum atomic E-state index is 9.41. The first-order valence-electron chi connectivity index (χ1n) is 3.94. The first kappa shape index (κ1) is 9.88. The summed E-state index contributed by atoms with van der Waals surface area (Å²) in [5, 5.41) is 30.4. The Kier molecular flexibility index (Phi) is 3.42. The predicted octanol–water partition coefficient (Wildman–Crippen LogP) is -2.31. The van der Waals surface area contributed by atoms with Crippen LogP contribution in [0.25, 0.3) is 0 Å². The van der Waals surface area contributed by atoms with E-state index in [1.54, 1.807) is 0 Å². The lowest BCUT2D eigenvalue weighted by molar-refractivity contribution is -0.113. The Morgan fingerprint density at radius 3 is 2.58 bits per heavy atom. The minimum absolute atomic E-state index is 0.186. The molecule has 0 aromatic rings. The fourth-order valence-corrected chi connectivity index (χ4v) is 1.36. The third-order valence-corrected chi connectivity index (χ3v) is 2.22. The van der Waals surface area contributed by atoms with Crippen molar-refractivity contribution in [2.45, 2.75) is 24.4 Å². The number of ether oxygens (including phenoxy) is 1. The van der Waals surface area contributed by atoms with Crippen LogP contribution in [0, 0.1) is 0 Å². The van der Waals surface area contributed by atoms with Gasteiger partial charge >= 0.3 is 0 Å². The van der Waals surface area contributed by atoms with E-state index >= 15 is 0 Å². The van der Waals surface area contributed by atoms with Crippen LogP contribution in [0.4, 0.5) is 0 Å². The third kappa shape index (κ3) is 1.75. The summed E-state index contributed by atoms with van der Waals surface area (Å²) in [6.45, 7) is 0.259. The van der Waals surface area contributed by atoms with E-state index < -0.39 is 24.4 Å². The number of aliphatic hydroxyl groups is 3. The van der Waals surface area contributed by atoms with E-state index in [4.69, 9.17) is 9.84 Å². The maximum Gasteiger partial charge on any atom is 0.109 e. The van der Waals surface area contributed by atoms with Crippen LogP contribution in [0.2, 0.25) is 0 Å². The highest BCUT2D eigenvalue weighted by atomic mass is 16.5. The summed E-state index contributed by atoms with van der Waals surface area (Å²) in [5.74, 6) is 0. The summed E-state index contributed by atoms with van der Waals surface area (Å²) in [7, 11) is 1.47. The van der Waals surface area contributed by atoms with Crippen molar-refractivity contribution in [1.82, 2.24) is 5.32 Å². The van der Waals surface area contributed by atoms with Gasteiger partial charge in [0.1, 0.15) is 6.10 Å². The minimum atomic E-state index is -0.964. The van der Waals surface area contributed by atoms with Gasteiger partial charge in [-0.1, -0.05) is 0 Å². The Bertz CT molecular complexity index is 127. The first-order valence-corrected chi connectivity index (χ1v) is 3.94. The maximum absolute atomic E-state index is 9.41. The molecule has 4 N–H and O–H groups in total. The molecule has 0 saturated carbocycles. The second kappa shape index (κ2) is 4.15. The van der Waals surface area contributed by atoms with Crippen LogP contribution < -0.4 is 5.32 Å². The fraction of sp³-hybridized carbons (Fsp3) is 1.00. The van der Waals surface area contributed by atoms with Crippen LogP contribution in [-0.2, 0) is 4.74 Å². The zero-order chi connectivity index (χ0) is 9.14. The van der Waals surface area contributed by atoms with Gasteiger partial charge in [-0.3, -0.25) is 0 Å². The molecule has 5 heteroatoms. The number of aliphatic hydroxyl groups excluding tert-OH is 3. The van der Waals surface area contributed by atoms with Crippen LogP contribution >= 0.6 is 0 Å². The molecule has 0 aromatic heterocycles. The average Bonchev–Trinajstić information content (AvgIpc) is 2.10. The van der Waals surface area contributed by atoms with Gasteiger partial charge in [0.25, 0.3) is 0 Å². The molecule has 0 bridgehead atoms. The van der Waals surface area contributed by atoms with Crippen molar-refractivity contribution >= 4 is 0 Å². The molecule has 0 aliphatic carbocycles. The van der Waals surface area contributed by atoms with Gasteiger partial charge in [0, 0.05) is 13.7 Å². The molecule has 5 nitrogen and oxygen atoms in total. The van der Waals surface area contributed by atoms with Crippen molar-refractivity contribution in [3.05, 3.63) is 0 Å². The summed E-state index contributed by atoms with van der Waals surface area (Å²) in [4.78, 5) is 0. The largest absolute Gasteiger partial charge is 0.395 e. The van der Waals surface area contributed by atoms with Crippen LogP contribution in [0.3, 0.4) is 0 Å². The summed E-state index contributed by atoms with van der Waals surface area (Å²) >= 11 is 0. The highest BCUT2D eigenvalue weighted by Crippen LogP contribution is 2.12. The molecule has 12 heavy (non-hydrogen) atoms. The highest BCUT2D eigenvalue weighted by Gasteiger charge is 2.36. The molecule has 1 aliphatic rings. The van der Waals surface area contributed by atoms with E-state index in [2.05, 4.69) is 5.32 Å². The smallest absolute Gasteiger partial charge is 0.109 e. The second-order valence-electron chi connectivity index (χ2n) is 2.95. The van der Waals surface area contributed by atoms with Gasteiger partial charge in [-0.15, -0.1) is 0 Å². The lowest BCUT2D eigenvalue weighted by Crippen LogP contribution is -2.61. The quantitative estimate of drug-likeness (QED) is 0.381. The number of hydrogen-bond donors (Lipinski definition) is 4. The van der Waals surface area contributed by atoms with Crippen molar-refractivity contribution in [1.29, 1.82) is 0 Å². The molecule has 1 fully saturated rings. The molecule has 0 amide bonds. The van der Waals surface area contributed by atoms with Gasteiger partial charge in [-0.05, 0) is 0 Å². The van der Waals surface area contributed by atoms with Gasteiger partial charge in [0.2, 0.25) is 0 Å². The molecular weight excluding hydrogens is 162 g/mol. The Labute approximate surface area is 71.0 Å². The number of hydrogen-bond acceptors (Lipinski definition) is 5. The molecule has 1 heterocycles. The Morgan fingerprint density at radius 1 is 1.42 bits per heavy atom. The minimum Gasteiger partial charge on any atom is -0.395 e. The van der Waals surface area contributed by atoms with E-state index in [1.165, 1.54) is 7.11 Å². The van der Waals surface area contributed by atoms with E-state index in [0.29, 0.717) is 6.54 Å². The molecule has 1 rings (SSSR count). The van der Waals surface area contributed by atoms with Crippen LogP contribution in [0.5, 0.6) is 0 Å². The fourth-order valence-electron chi connectivity index (χ4n) is 1.36. The molecule has 4 atom stereocenters. The lowest BCUT2D eigenvalue weighted by atomic mass is 9.96. The van der Waals surface area contributed by atoms with Gasteiger partial charge < -0.3 is 25.4 Å². The van der Waals surface area contributed by atoms with Crippen molar-refractivity contribution < 1.29 is 20.1 Å². The highest BCUT2D eigenvalue weighted by molar-refractivity contribution is 4.92. The van der Waals surface area contributed by atoms with Crippen LogP contribution in [0.15, 0.2) is 0 Å². The summed E-state index contributed by atoms with van der Waals surface area (Å²) in [6.07, 6.45) is -2.29. The zero-order valence-corrected chi connectivity index (χ0v) is 6.97. The molecule has 0 unspecified atom stereocenters. The van der Waals surface area contributed by atoms with Gasteiger partial charge in [-0.25, -0.2) is 0 Å². The van der Waals surface area contributed by atoms with E-state index in [1.807, 2.05) is 0 Å². The molecule has 0 radical (unpaired) electrons. The summed E-state index contributed by atoms with van der Waals surface area (Å²) in [5.41, 5.74) is 0. The lowest BCUT2D eigenvalue weighted by Gasteiger charge is -2.36. The molecule has 72 valence electrons. The van der Waals surface area contributed by atoms with Crippen LogP contribution in [-0.4, -0.2) is 59.9 Å². The monoisotopic (exact) mass is 177 g/mol. The zero-order valence-electron chi connectivity index (χ0n) is 6.97. The molecule has 1 saturated heterocycles. The van der Waals surface area contributed by atoms with Crippen molar-refractivity contribution in [2.75, 3.05) is 20.3 Å². The van der Waals surface area contributed by atoms with E-state index in [0.717, 1.165) is 0 Å². The van der Waals surface area contributed by atoms with Crippen molar-refractivity contribution in [2.24, 2.45) is 0 Å². The van der Waals surface area contributed by atoms with E-state index in [9.17, 15) is 10.2 Å². The topological polar surface area (TPSA) is 82.0 Å². The predicted molar refractivity (Wildman–Crippen MR) is 41.7 cm³/mol. The van der Waals surface area contributed by atoms with Crippen molar-refractivity contribution in [3.63, 3.8) is 0 Å². The normalized spacial score (nSPS) is 43.0. The summed E-state index contributed by atoms with van der Waals surface area (Å²) < 4.78 is 4.91. The number of piperidine rings is 1. The van der Waals surface area contributed by atoms with E-state index in [-0.39, 0.29) is 6.61 Å². The average molecular weight is 177 g/mol. The molecule has 0 aromatic carbocycles. The third-order valence-electron chi connectivity index (χ3n) is 2.22. The standard InChI is InChI=1S/C7H15NO4/c1-12-5-2-8-4(3-9)6(10)7(5)11/h4-11H,2-3H2,1H3/t4-,5+,6-,7-/m1/s1. The Hall–Kier alpha value is -0.200. The summed E-state index contributed by atoms with van der Waals surface area (Å²) in [6, 6.07) is -0.452. The van der Waals surface area contributed by atoms with Crippen LogP contribution in [0.1, 0.15) is 0 Å². The van der Waals surface area contributed by atoms with Gasteiger partial charge in [0.15, 0.2) is 0 Å². The molecule has 0 spiro atoms. The number of nitrogens with one attached hydrogen (secondary N) is 1. The Morgan fingerprint density at radius 2 is 2.08 bits per heavy atom. The number of methoxy groups -OCH3 is 1. The van der Waals surface area contributed by atoms with Crippen molar-refractivity contribution in [3.8, 4) is 0 Å². The molecular formula is C7H15NO4. The molecule has 1 aliphatic heterocycles. The van der Waals surface area contributed by atoms with Gasteiger partial charge in [-0.2, -0.15) is 0 Å². The SMILES string of the molecule is CO[C@H]1CN[C@H](CO)[C@@H](O)[C@@H]1O. The first-order chi connectivity index (χ1) is 5.70. The van der Waals surface area contributed by atoms with Gasteiger partial charge in [0.05, 0.1) is 24.9 Å². The number of rotatable bonds is 2. The Balaban J connectivity index is 2.52.